The lowest BCUT2D eigenvalue weighted by Crippen LogP contribution is -2.32. The molecule has 2 atom stereocenters. The van der Waals surface area contributed by atoms with E-state index in [-0.39, 0.29) is 16.5 Å². The third kappa shape index (κ3) is 2.78. The molecule has 2 aliphatic rings. The van der Waals surface area contributed by atoms with Crippen LogP contribution in [0.15, 0.2) is 39.5 Å². The fraction of sp³-hybridized carbons (Fsp3) is 0.524. The number of carbonyl (C=O) groups excluding carboxylic acids is 1. The van der Waals surface area contributed by atoms with Gasteiger partial charge >= 0.3 is 5.63 Å². The van der Waals surface area contributed by atoms with Gasteiger partial charge in [0.1, 0.15) is 17.1 Å². The first kappa shape index (κ1) is 17.7. The summed E-state index contributed by atoms with van der Waals surface area (Å²) < 4.78 is 5.16. The highest BCUT2D eigenvalue weighted by molar-refractivity contribution is 5.89. The van der Waals surface area contributed by atoms with Crippen LogP contribution in [0.3, 0.4) is 0 Å². The largest absolute Gasteiger partial charge is 0.421 e. The summed E-state index contributed by atoms with van der Waals surface area (Å²) in [6.45, 7) is 6.67. The summed E-state index contributed by atoms with van der Waals surface area (Å²) in [5, 5.41) is 0.941. The highest BCUT2D eigenvalue weighted by atomic mass is 16.4. The van der Waals surface area contributed by atoms with E-state index in [1.165, 1.54) is 6.42 Å². The van der Waals surface area contributed by atoms with Gasteiger partial charge in [-0.3, -0.25) is 4.79 Å². The molecule has 4 heteroatoms. The average molecular weight is 341 g/mol. The molecule has 0 radical (unpaired) electrons. The first-order chi connectivity index (χ1) is 11.7. The number of fused-ring (bicyclic) bond motifs is 3. The molecule has 25 heavy (non-hydrogen) atoms. The standard InChI is InChI=1S/C11H11NO2.C10H16O/c1-12(2)9-7-8-5-3-4-6-10(8)14-11(9)13;1-9(2)7-4-5-10(9,3)8(11)6-7/h3-7H,1-2H3;7H,4-6H2,1-3H3. The van der Waals surface area contributed by atoms with Crippen molar-refractivity contribution in [3.63, 3.8) is 0 Å². The van der Waals surface area contributed by atoms with E-state index in [9.17, 15) is 9.59 Å². The van der Waals surface area contributed by atoms with E-state index in [2.05, 4.69) is 20.8 Å². The third-order valence-electron chi connectivity index (χ3n) is 6.59. The average Bonchev–Trinajstić information content (AvgIpc) is 2.87. The summed E-state index contributed by atoms with van der Waals surface area (Å²) in [6.07, 6.45) is 3.25. The van der Waals surface area contributed by atoms with Gasteiger partial charge in [0.2, 0.25) is 0 Å². The van der Waals surface area contributed by atoms with E-state index < -0.39 is 0 Å². The minimum absolute atomic E-state index is 0.0255. The molecule has 2 aliphatic carbocycles. The summed E-state index contributed by atoms with van der Waals surface area (Å²) in [5.41, 5.74) is 1.21. The second-order valence-electron chi connectivity index (χ2n) is 8.27. The van der Waals surface area contributed by atoms with E-state index >= 15 is 0 Å². The fourth-order valence-corrected chi connectivity index (χ4v) is 4.26. The van der Waals surface area contributed by atoms with Gasteiger partial charge in [-0.1, -0.05) is 39.0 Å². The van der Waals surface area contributed by atoms with Gasteiger partial charge in [0.15, 0.2) is 0 Å². The summed E-state index contributed by atoms with van der Waals surface area (Å²) >= 11 is 0. The number of benzene rings is 1. The first-order valence-corrected chi connectivity index (χ1v) is 8.90. The molecular formula is C21H27NO3. The first-order valence-electron chi connectivity index (χ1n) is 8.90. The maximum Gasteiger partial charge on any atom is 0.360 e. The van der Waals surface area contributed by atoms with Crippen molar-refractivity contribution in [2.75, 3.05) is 19.0 Å². The second-order valence-corrected chi connectivity index (χ2v) is 8.27. The predicted octanol–water partition coefficient (Wildman–Crippen LogP) is 4.26. The van der Waals surface area contributed by atoms with Crippen LogP contribution in [0, 0.1) is 16.7 Å². The van der Waals surface area contributed by atoms with Gasteiger partial charge in [0.05, 0.1) is 0 Å². The molecule has 2 aromatic rings. The Balaban J connectivity index is 0.000000150. The van der Waals surface area contributed by atoms with Gasteiger partial charge in [-0.15, -0.1) is 0 Å². The van der Waals surface area contributed by atoms with Crippen molar-refractivity contribution in [1.82, 2.24) is 0 Å². The van der Waals surface area contributed by atoms with Crippen LogP contribution < -0.4 is 10.5 Å². The van der Waals surface area contributed by atoms with Crippen molar-refractivity contribution >= 4 is 22.4 Å². The molecule has 2 saturated carbocycles. The lowest BCUT2D eigenvalue weighted by molar-refractivity contribution is -0.128. The number of Topliss-reactive ketones (excluding diaryl/α,β-unsaturated/α-hetero) is 1. The van der Waals surface area contributed by atoms with Gasteiger partial charge in [-0.2, -0.15) is 0 Å². The van der Waals surface area contributed by atoms with E-state index in [1.807, 2.05) is 38.4 Å². The Bertz CT molecular complexity index is 865. The highest BCUT2D eigenvalue weighted by Crippen LogP contribution is 2.63. The molecule has 0 amide bonds. The fourth-order valence-electron chi connectivity index (χ4n) is 4.26. The van der Waals surface area contributed by atoms with Gasteiger partial charge in [-0.05, 0) is 36.3 Å². The van der Waals surface area contributed by atoms with Crippen molar-refractivity contribution in [3.8, 4) is 0 Å². The lowest BCUT2D eigenvalue weighted by Gasteiger charge is -2.32. The Hall–Kier alpha value is -2.10. The SMILES string of the molecule is CC12CCC(CC1=O)C2(C)C.CN(C)c1cc2ccccc2oc1=O. The van der Waals surface area contributed by atoms with E-state index in [0.717, 1.165) is 18.2 Å². The van der Waals surface area contributed by atoms with Crippen LogP contribution in [-0.2, 0) is 4.79 Å². The zero-order valence-corrected chi connectivity index (χ0v) is 15.8. The molecule has 134 valence electrons. The molecule has 0 N–H and O–H groups in total. The monoisotopic (exact) mass is 341 g/mol. The molecule has 0 aliphatic heterocycles. The molecule has 4 rings (SSSR count). The number of carbonyl (C=O) groups is 1. The number of para-hydroxylation sites is 1. The highest BCUT2D eigenvalue weighted by Gasteiger charge is 2.61. The Kier molecular flexibility index (Phi) is 4.26. The van der Waals surface area contributed by atoms with Crippen molar-refractivity contribution in [2.24, 2.45) is 16.7 Å². The zero-order chi connectivity index (χ0) is 18.4. The van der Waals surface area contributed by atoms with Crippen molar-refractivity contribution in [3.05, 3.63) is 40.8 Å². The smallest absolute Gasteiger partial charge is 0.360 e. The molecule has 0 spiro atoms. The Morgan fingerprint density at radius 2 is 1.80 bits per heavy atom. The summed E-state index contributed by atoms with van der Waals surface area (Å²) in [7, 11) is 3.64. The van der Waals surface area contributed by atoms with Crippen molar-refractivity contribution in [1.29, 1.82) is 0 Å². The van der Waals surface area contributed by atoms with Crippen molar-refractivity contribution in [2.45, 2.75) is 40.0 Å². The minimum atomic E-state index is -0.297. The number of hydrogen-bond donors (Lipinski definition) is 0. The van der Waals surface area contributed by atoms with Gasteiger partial charge in [-0.25, -0.2) is 4.79 Å². The number of rotatable bonds is 1. The third-order valence-corrected chi connectivity index (χ3v) is 6.59. The lowest BCUT2D eigenvalue weighted by atomic mass is 9.70. The molecule has 1 aromatic heterocycles. The second kappa shape index (κ2) is 6.01. The van der Waals surface area contributed by atoms with Crippen LogP contribution in [0.4, 0.5) is 5.69 Å². The number of hydrogen-bond acceptors (Lipinski definition) is 4. The summed E-state index contributed by atoms with van der Waals surface area (Å²) in [6, 6.07) is 9.31. The van der Waals surface area contributed by atoms with Crippen LogP contribution in [0.5, 0.6) is 0 Å². The number of ketones is 1. The van der Waals surface area contributed by atoms with Gasteiger partial charge < -0.3 is 9.32 Å². The van der Waals surface area contributed by atoms with Crippen LogP contribution >= 0.6 is 0 Å². The Morgan fingerprint density at radius 3 is 2.28 bits per heavy atom. The maximum atomic E-state index is 11.6. The van der Waals surface area contributed by atoms with Crippen molar-refractivity contribution < 1.29 is 9.21 Å². The normalized spacial score (nSPS) is 26.4. The Morgan fingerprint density at radius 1 is 1.12 bits per heavy atom. The van der Waals surface area contributed by atoms with E-state index in [4.69, 9.17) is 4.42 Å². The number of nitrogens with zero attached hydrogens (tertiary/aromatic N) is 1. The number of anilines is 1. The predicted molar refractivity (Wildman–Crippen MR) is 101 cm³/mol. The molecule has 0 saturated heterocycles. The molecular weight excluding hydrogens is 314 g/mol. The molecule has 1 heterocycles. The molecule has 2 unspecified atom stereocenters. The van der Waals surface area contributed by atoms with Crippen LogP contribution in [0.25, 0.3) is 11.0 Å². The minimum Gasteiger partial charge on any atom is -0.421 e. The van der Waals surface area contributed by atoms with Gasteiger partial charge in [0.25, 0.3) is 0 Å². The zero-order valence-electron chi connectivity index (χ0n) is 15.8. The van der Waals surface area contributed by atoms with Crippen LogP contribution in [0.2, 0.25) is 0 Å². The molecule has 2 bridgehead atoms. The maximum absolute atomic E-state index is 11.6. The quantitative estimate of drug-likeness (QED) is 0.727. The van der Waals surface area contributed by atoms with E-state index in [1.54, 1.807) is 11.0 Å². The van der Waals surface area contributed by atoms with Crippen LogP contribution in [0.1, 0.15) is 40.0 Å². The molecule has 2 fully saturated rings. The topological polar surface area (TPSA) is 50.5 Å². The Labute approximate surface area is 148 Å². The van der Waals surface area contributed by atoms with Gasteiger partial charge in [0, 0.05) is 31.3 Å². The molecule has 4 nitrogen and oxygen atoms in total. The van der Waals surface area contributed by atoms with E-state index in [0.29, 0.717) is 23.0 Å². The molecule has 1 aromatic carbocycles. The van der Waals surface area contributed by atoms with Crippen LogP contribution in [-0.4, -0.2) is 19.9 Å². The summed E-state index contributed by atoms with van der Waals surface area (Å²) in [4.78, 5) is 24.8. The summed E-state index contributed by atoms with van der Waals surface area (Å²) in [5.74, 6) is 1.19.